The molecule has 2 unspecified atom stereocenters. The van der Waals surface area contributed by atoms with Crippen LogP contribution in [0.25, 0.3) is 0 Å². The zero-order chi connectivity index (χ0) is 49.8. The number of unbranched alkanes of at least 4 members (excludes halogenated alkanes) is 26. The van der Waals surface area contributed by atoms with Gasteiger partial charge in [-0.15, -0.1) is 0 Å². The van der Waals surface area contributed by atoms with Crippen molar-refractivity contribution in [3.8, 4) is 0 Å². The van der Waals surface area contributed by atoms with Gasteiger partial charge in [-0.1, -0.05) is 210 Å². The zero-order valence-corrected chi connectivity index (χ0v) is 43.5. The van der Waals surface area contributed by atoms with Crippen LogP contribution in [0.4, 0.5) is 0 Å². The molecule has 1 aliphatic rings. The van der Waals surface area contributed by atoms with Crippen molar-refractivity contribution in [2.75, 3.05) is 19.0 Å². The van der Waals surface area contributed by atoms with E-state index in [1.807, 2.05) is 0 Å². The molecule has 0 saturated carbocycles. The van der Waals surface area contributed by atoms with Gasteiger partial charge >= 0.3 is 11.9 Å². The molecule has 0 radical (unpaired) electrons. The molecule has 0 aliphatic carbocycles. The Balaban J connectivity index is 2.36. The van der Waals surface area contributed by atoms with Crippen molar-refractivity contribution in [1.29, 1.82) is 0 Å². The average molecular weight is 983 g/mol. The maximum atomic E-state index is 12.9. The Morgan fingerprint density at radius 1 is 0.500 bits per heavy atom. The molecule has 1 heterocycles. The molecule has 1 saturated heterocycles. The van der Waals surface area contributed by atoms with Gasteiger partial charge in [-0.25, -0.2) is 0 Å². The van der Waals surface area contributed by atoms with Gasteiger partial charge in [0, 0.05) is 12.8 Å². The maximum Gasteiger partial charge on any atom is 0.306 e. The number of ether oxygens (including phenoxy) is 4. The predicted molar refractivity (Wildman–Crippen MR) is 275 cm³/mol. The van der Waals surface area contributed by atoms with Gasteiger partial charge in [-0.3, -0.25) is 14.1 Å². The molecule has 68 heavy (non-hydrogen) atoms. The second-order valence-corrected chi connectivity index (χ2v) is 20.4. The standard InChI is InChI=1S/C55H98O12S/c1-3-5-7-9-11-13-15-17-19-21-23-24-26-27-29-31-33-35-37-39-41-43-50(56)64-45-48(46-65-55-54(60)53(59)52(58)49(67-55)47-68(61,62)63)66-51(57)44-42-40-38-36-34-32-30-28-25-22-20-18-16-14-12-10-8-6-4-2/h12,14,18,20,25,28,32,34,48-49,52-55,58-60H,3-11,13,15-17,19,21-24,26-27,29-31,33,35-47H2,1-2H3,(H,61,62,63)/b14-12+,20-18+,28-25+,34-32+/t48-,49-,52-,53?,54?,55+/m1/s1. The molecule has 6 atom stereocenters. The molecule has 12 nitrogen and oxygen atoms in total. The number of carbonyl (C=O) groups excluding carboxylic acids is 2. The van der Waals surface area contributed by atoms with E-state index < -0.39 is 71.2 Å². The summed E-state index contributed by atoms with van der Waals surface area (Å²) in [5.74, 6) is -2.02. The highest BCUT2D eigenvalue weighted by Crippen LogP contribution is 2.24. The fraction of sp³-hybridized carbons (Fsp3) is 0.818. The van der Waals surface area contributed by atoms with Crippen LogP contribution in [0.1, 0.15) is 232 Å². The molecule has 0 amide bonds. The average Bonchev–Trinajstić information content (AvgIpc) is 3.31. The van der Waals surface area contributed by atoms with Crippen LogP contribution in [0.5, 0.6) is 0 Å². The van der Waals surface area contributed by atoms with E-state index >= 15 is 0 Å². The highest BCUT2D eigenvalue weighted by atomic mass is 32.2. The normalized spacial score (nSPS) is 19.5. The SMILES string of the molecule is CCCCC/C=C/C/C=C/C/C=C/C/C=C/CCCCCC(=O)O[C@H](COC(=O)CCCCCCCCCCCCCCCCCCCCCCC)CO[C@H]1O[C@H](CS(=O)(=O)O)[C@@H](O)C(O)C1O. The largest absolute Gasteiger partial charge is 0.462 e. The zero-order valence-electron chi connectivity index (χ0n) is 42.7. The molecule has 396 valence electrons. The van der Waals surface area contributed by atoms with Crippen LogP contribution in [0.3, 0.4) is 0 Å². The molecule has 0 bridgehead atoms. The van der Waals surface area contributed by atoms with Gasteiger partial charge in [0.2, 0.25) is 0 Å². The maximum absolute atomic E-state index is 12.9. The van der Waals surface area contributed by atoms with E-state index in [1.165, 1.54) is 128 Å². The van der Waals surface area contributed by atoms with Crippen LogP contribution in [-0.4, -0.2) is 96.0 Å². The molecule has 0 aromatic heterocycles. The highest BCUT2D eigenvalue weighted by molar-refractivity contribution is 7.85. The molecule has 0 spiro atoms. The summed E-state index contributed by atoms with van der Waals surface area (Å²) in [5, 5.41) is 31.0. The van der Waals surface area contributed by atoms with Crippen LogP contribution >= 0.6 is 0 Å². The first kappa shape index (κ1) is 63.6. The van der Waals surface area contributed by atoms with Gasteiger partial charge in [0.25, 0.3) is 10.1 Å². The van der Waals surface area contributed by atoms with Gasteiger partial charge in [-0.05, 0) is 57.8 Å². The Labute approximate surface area is 413 Å². The summed E-state index contributed by atoms with van der Waals surface area (Å²) in [6, 6.07) is 0. The van der Waals surface area contributed by atoms with E-state index in [-0.39, 0.29) is 19.4 Å². The Kier molecular flexibility index (Phi) is 41.7. The van der Waals surface area contributed by atoms with Crippen molar-refractivity contribution in [2.45, 2.75) is 269 Å². The van der Waals surface area contributed by atoms with E-state index in [2.05, 4.69) is 62.5 Å². The fourth-order valence-electron chi connectivity index (χ4n) is 8.19. The first-order valence-electron chi connectivity index (χ1n) is 27.2. The molecule has 0 aromatic rings. The van der Waals surface area contributed by atoms with Gasteiger partial charge in [-0.2, -0.15) is 8.42 Å². The molecule has 0 aromatic carbocycles. The molecule has 1 fully saturated rings. The quantitative estimate of drug-likeness (QED) is 0.0196. The predicted octanol–water partition coefficient (Wildman–Crippen LogP) is 12.7. The third-order valence-corrected chi connectivity index (χ3v) is 13.2. The minimum Gasteiger partial charge on any atom is -0.462 e. The summed E-state index contributed by atoms with van der Waals surface area (Å²) >= 11 is 0. The van der Waals surface area contributed by atoms with Crippen molar-refractivity contribution in [2.24, 2.45) is 0 Å². The number of carbonyl (C=O) groups is 2. The summed E-state index contributed by atoms with van der Waals surface area (Å²) in [5.41, 5.74) is 0. The van der Waals surface area contributed by atoms with Gasteiger partial charge in [0.15, 0.2) is 12.4 Å². The highest BCUT2D eigenvalue weighted by Gasteiger charge is 2.46. The lowest BCUT2D eigenvalue weighted by Crippen LogP contribution is -2.60. The van der Waals surface area contributed by atoms with Crippen LogP contribution in [0.2, 0.25) is 0 Å². The van der Waals surface area contributed by atoms with Crippen molar-refractivity contribution < 1.29 is 56.8 Å². The first-order valence-corrected chi connectivity index (χ1v) is 28.8. The van der Waals surface area contributed by atoms with Crippen molar-refractivity contribution >= 4 is 22.1 Å². The first-order chi connectivity index (χ1) is 33.0. The summed E-state index contributed by atoms with van der Waals surface area (Å²) < 4.78 is 54.3. The lowest BCUT2D eigenvalue weighted by molar-refractivity contribution is -0.297. The minimum atomic E-state index is -4.61. The van der Waals surface area contributed by atoms with Crippen molar-refractivity contribution in [3.63, 3.8) is 0 Å². The molecule has 4 N–H and O–H groups in total. The van der Waals surface area contributed by atoms with E-state index in [4.69, 9.17) is 18.9 Å². The van der Waals surface area contributed by atoms with Gasteiger partial charge in [0.05, 0.1) is 6.61 Å². The van der Waals surface area contributed by atoms with Crippen LogP contribution in [0.15, 0.2) is 48.6 Å². The number of hydrogen-bond donors (Lipinski definition) is 4. The van der Waals surface area contributed by atoms with Gasteiger partial charge < -0.3 is 34.3 Å². The Morgan fingerprint density at radius 2 is 0.882 bits per heavy atom. The molecule has 1 aliphatic heterocycles. The molecule has 13 heteroatoms. The topological polar surface area (TPSA) is 186 Å². The number of aliphatic hydroxyl groups is 3. The van der Waals surface area contributed by atoms with E-state index in [9.17, 15) is 37.9 Å². The number of allylic oxidation sites excluding steroid dienone is 8. The smallest absolute Gasteiger partial charge is 0.306 e. The molecular weight excluding hydrogens is 885 g/mol. The second kappa shape index (κ2) is 44.5. The molecular formula is C55H98O12S. The van der Waals surface area contributed by atoms with Crippen LogP contribution in [-0.2, 0) is 38.7 Å². The van der Waals surface area contributed by atoms with Gasteiger partial charge in [0.1, 0.15) is 36.8 Å². The number of esters is 2. The monoisotopic (exact) mass is 983 g/mol. The Hall–Kier alpha value is -2.39. The summed E-state index contributed by atoms with van der Waals surface area (Å²) in [6.45, 7) is 3.74. The second-order valence-electron chi connectivity index (χ2n) is 18.9. The third kappa shape index (κ3) is 38.4. The van der Waals surface area contributed by atoms with E-state index in [0.29, 0.717) is 12.8 Å². The minimum absolute atomic E-state index is 0.127. The number of hydrogen-bond acceptors (Lipinski definition) is 11. The Morgan fingerprint density at radius 3 is 1.34 bits per heavy atom. The lowest BCUT2D eigenvalue weighted by atomic mass is 10.00. The van der Waals surface area contributed by atoms with Crippen LogP contribution in [0, 0.1) is 0 Å². The molecule has 1 rings (SSSR count). The third-order valence-electron chi connectivity index (χ3n) is 12.4. The summed E-state index contributed by atoms with van der Waals surface area (Å²) in [6.07, 6.45) is 45.8. The fourth-order valence-corrected chi connectivity index (χ4v) is 8.88. The summed E-state index contributed by atoms with van der Waals surface area (Å²) in [7, 11) is -4.61. The van der Waals surface area contributed by atoms with Crippen molar-refractivity contribution in [1.82, 2.24) is 0 Å². The van der Waals surface area contributed by atoms with Crippen molar-refractivity contribution in [3.05, 3.63) is 48.6 Å². The Bertz CT molecular complexity index is 1430. The van der Waals surface area contributed by atoms with E-state index in [1.54, 1.807) is 0 Å². The lowest BCUT2D eigenvalue weighted by Gasteiger charge is -2.40. The van der Waals surface area contributed by atoms with Crippen LogP contribution < -0.4 is 0 Å². The summed E-state index contributed by atoms with van der Waals surface area (Å²) in [4.78, 5) is 25.6. The number of rotatable bonds is 46. The number of aliphatic hydroxyl groups excluding tert-OH is 3. The van der Waals surface area contributed by atoms with E-state index in [0.717, 1.165) is 64.2 Å².